The maximum atomic E-state index is 11.9. The molecule has 0 atom stereocenters. The van der Waals surface area contributed by atoms with E-state index in [4.69, 9.17) is 4.74 Å². The van der Waals surface area contributed by atoms with E-state index >= 15 is 0 Å². The molecule has 0 spiro atoms. The van der Waals surface area contributed by atoms with Crippen LogP contribution in [0.1, 0.15) is 39.5 Å². The molecule has 0 aromatic rings. The first-order valence-corrected chi connectivity index (χ1v) is 7.23. The van der Waals surface area contributed by atoms with Crippen molar-refractivity contribution in [2.45, 2.75) is 39.5 Å². The minimum atomic E-state index is -0.148. The number of carbonyl (C=O) groups is 3. The molecule has 0 aromatic heterocycles. The third-order valence-electron chi connectivity index (χ3n) is 3.41. The Labute approximate surface area is 119 Å². The van der Waals surface area contributed by atoms with Crippen LogP contribution in [0.15, 0.2) is 0 Å². The molecule has 20 heavy (non-hydrogen) atoms. The second kappa shape index (κ2) is 8.55. The molecule has 1 rings (SSSR count). The van der Waals surface area contributed by atoms with Gasteiger partial charge in [-0.05, 0) is 26.2 Å². The fraction of sp³-hybridized carbons (Fsp3) is 0.786. The lowest BCUT2D eigenvalue weighted by Gasteiger charge is -2.31. The van der Waals surface area contributed by atoms with Gasteiger partial charge in [-0.1, -0.05) is 0 Å². The van der Waals surface area contributed by atoms with Crippen LogP contribution in [0.2, 0.25) is 0 Å². The van der Waals surface area contributed by atoms with Crippen LogP contribution in [0, 0.1) is 5.92 Å². The van der Waals surface area contributed by atoms with Crippen LogP contribution >= 0.6 is 0 Å². The van der Waals surface area contributed by atoms with Crippen LogP contribution in [0.3, 0.4) is 0 Å². The first kappa shape index (κ1) is 16.5. The number of hydrogen-bond donors (Lipinski definition) is 1. The van der Waals surface area contributed by atoms with Gasteiger partial charge in [0.2, 0.25) is 11.8 Å². The summed E-state index contributed by atoms with van der Waals surface area (Å²) >= 11 is 0. The van der Waals surface area contributed by atoms with Gasteiger partial charge in [-0.15, -0.1) is 0 Å². The van der Waals surface area contributed by atoms with E-state index in [1.54, 1.807) is 11.8 Å². The van der Waals surface area contributed by atoms with Crippen LogP contribution in [-0.2, 0) is 19.1 Å². The summed E-state index contributed by atoms with van der Waals surface area (Å²) in [6, 6.07) is 0. The molecule has 0 unspecified atom stereocenters. The zero-order valence-corrected chi connectivity index (χ0v) is 12.3. The molecule has 1 heterocycles. The van der Waals surface area contributed by atoms with Gasteiger partial charge >= 0.3 is 5.97 Å². The molecule has 6 heteroatoms. The Morgan fingerprint density at radius 2 is 1.90 bits per heavy atom. The van der Waals surface area contributed by atoms with E-state index in [9.17, 15) is 14.4 Å². The zero-order valence-electron chi connectivity index (χ0n) is 12.3. The van der Waals surface area contributed by atoms with Crippen molar-refractivity contribution in [2.75, 3.05) is 26.2 Å². The van der Waals surface area contributed by atoms with Crippen LogP contribution in [-0.4, -0.2) is 48.9 Å². The van der Waals surface area contributed by atoms with Gasteiger partial charge in [0.15, 0.2) is 0 Å². The average molecular weight is 284 g/mol. The predicted molar refractivity (Wildman–Crippen MR) is 73.9 cm³/mol. The van der Waals surface area contributed by atoms with Crippen LogP contribution in [0.4, 0.5) is 0 Å². The molecule has 0 aromatic carbocycles. The van der Waals surface area contributed by atoms with Gasteiger partial charge in [-0.25, -0.2) is 0 Å². The summed E-state index contributed by atoms with van der Waals surface area (Å²) in [6.45, 7) is 5.42. The Morgan fingerprint density at radius 3 is 2.45 bits per heavy atom. The summed E-state index contributed by atoms with van der Waals surface area (Å²) in [4.78, 5) is 36.0. The summed E-state index contributed by atoms with van der Waals surface area (Å²) in [6.07, 6.45) is 2.44. The number of likely N-dealkylation sites (tertiary alicyclic amines) is 1. The van der Waals surface area contributed by atoms with E-state index in [2.05, 4.69) is 5.32 Å². The normalized spacial score (nSPS) is 15.8. The molecule has 1 aliphatic heterocycles. The second-order valence-corrected chi connectivity index (χ2v) is 4.99. The van der Waals surface area contributed by atoms with Crippen molar-refractivity contribution in [3.63, 3.8) is 0 Å². The third-order valence-corrected chi connectivity index (χ3v) is 3.41. The van der Waals surface area contributed by atoms with E-state index in [1.807, 2.05) is 0 Å². The Bertz CT molecular complexity index is 349. The molecule has 1 fully saturated rings. The molecule has 114 valence electrons. The van der Waals surface area contributed by atoms with Gasteiger partial charge in [-0.3, -0.25) is 14.4 Å². The van der Waals surface area contributed by atoms with E-state index in [0.717, 1.165) is 0 Å². The van der Waals surface area contributed by atoms with Crippen molar-refractivity contribution in [2.24, 2.45) is 5.92 Å². The van der Waals surface area contributed by atoms with Crippen molar-refractivity contribution in [3.8, 4) is 0 Å². The maximum absolute atomic E-state index is 11.9. The Hall–Kier alpha value is -1.59. The molecule has 0 radical (unpaired) electrons. The van der Waals surface area contributed by atoms with E-state index in [-0.39, 0.29) is 23.7 Å². The molecule has 0 aliphatic carbocycles. The highest BCUT2D eigenvalue weighted by molar-refractivity contribution is 5.77. The molecular weight excluding hydrogens is 260 g/mol. The highest BCUT2D eigenvalue weighted by Gasteiger charge is 2.27. The number of ether oxygens (including phenoxy) is 1. The molecule has 1 N–H and O–H groups in total. The number of esters is 1. The lowest BCUT2D eigenvalue weighted by atomic mass is 9.97. The predicted octanol–water partition coefficient (Wildman–Crippen LogP) is 0.704. The minimum absolute atomic E-state index is 0.0709. The highest BCUT2D eigenvalue weighted by atomic mass is 16.5. The van der Waals surface area contributed by atoms with Crippen LogP contribution < -0.4 is 5.32 Å². The molecule has 0 saturated carbocycles. The monoisotopic (exact) mass is 284 g/mol. The third kappa shape index (κ3) is 5.59. The molecule has 1 aliphatic rings. The SMILES string of the molecule is CCOC(=O)C1CCN(C(=O)CCCNC(C)=O)CC1. The summed E-state index contributed by atoms with van der Waals surface area (Å²) in [5.74, 6) is -0.200. The number of hydrogen-bond acceptors (Lipinski definition) is 4. The first-order chi connectivity index (χ1) is 9.54. The quantitative estimate of drug-likeness (QED) is 0.575. The Kier molecular flexibility index (Phi) is 7.04. The maximum Gasteiger partial charge on any atom is 0.309 e. The number of rotatable bonds is 6. The average Bonchev–Trinajstić information content (AvgIpc) is 2.43. The molecule has 2 amide bonds. The van der Waals surface area contributed by atoms with Gasteiger partial charge in [0.25, 0.3) is 0 Å². The summed E-state index contributed by atoms with van der Waals surface area (Å²) < 4.78 is 5.00. The van der Waals surface area contributed by atoms with Crippen molar-refractivity contribution < 1.29 is 19.1 Å². The smallest absolute Gasteiger partial charge is 0.309 e. The van der Waals surface area contributed by atoms with Gasteiger partial charge in [-0.2, -0.15) is 0 Å². The Morgan fingerprint density at radius 1 is 1.25 bits per heavy atom. The van der Waals surface area contributed by atoms with Crippen molar-refractivity contribution in [1.82, 2.24) is 10.2 Å². The standard InChI is InChI=1S/C14H24N2O4/c1-3-20-14(19)12-6-9-16(10-7-12)13(18)5-4-8-15-11(2)17/h12H,3-10H2,1-2H3,(H,15,17). The molecule has 0 bridgehead atoms. The number of nitrogens with one attached hydrogen (secondary N) is 1. The minimum Gasteiger partial charge on any atom is -0.466 e. The number of piperidine rings is 1. The van der Waals surface area contributed by atoms with Gasteiger partial charge in [0.1, 0.15) is 0 Å². The summed E-state index contributed by atoms with van der Waals surface area (Å²) in [7, 11) is 0. The lowest BCUT2D eigenvalue weighted by molar-refractivity contribution is -0.151. The number of carbonyl (C=O) groups excluding carboxylic acids is 3. The van der Waals surface area contributed by atoms with Crippen molar-refractivity contribution >= 4 is 17.8 Å². The second-order valence-electron chi connectivity index (χ2n) is 4.99. The van der Waals surface area contributed by atoms with Gasteiger partial charge < -0.3 is 15.0 Å². The molecule has 1 saturated heterocycles. The zero-order chi connectivity index (χ0) is 15.0. The highest BCUT2D eigenvalue weighted by Crippen LogP contribution is 2.19. The fourth-order valence-corrected chi connectivity index (χ4v) is 2.29. The fourth-order valence-electron chi connectivity index (χ4n) is 2.29. The van der Waals surface area contributed by atoms with Gasteiger partial charge in [0, 0.05) is 33.0 Å². The first-order valence-electron chi connectivity index (χ1n) is 7.23. The summed E-state index contributed by atoms with van der Waals surface area (Å²) in [5, 5.41) is 2.67. The van der Waals surface area contributed by atoms with Crippen molar-refractivity contribution in [1.29, 1.82) is 0 Å². The number of nitrogens with zero attached hydrogens (tertiary/aromatic N) is 1. The lowest BCUT2D eigenvalue weighted by Crippen LogP contribution is -2.40. The largest absolute Gasteiger partial charge is 0.466 e. The topological polar surface area (TPSA) is 75.7 Å². The van der Waals surface area contributed by atoms with Crippen LogP contribution in [0.5, 0.6) is 0 Å². The van der Waals surface area contributed by atoms with Crippen molar-refractivity contribution in [3.05, 3.63) is 0 Å². The molecule has 6 nitrogen and oxygen atoms in total. The molecular formula is C14H24N2O4. The van der Waals surface area contributed by atoms with E-state index < -0.39 is 0 Å². The van der Waals surface area contributed by atoms with E-state index in [1.165, 1.54) is 6.92 Å². The number of amides is 2. The Balaban J connectivity index is 2.22. The summed E-state index contributed by atoms with van der Waals surface area (Å²) in [5.41, 5.74) is 0. The van der Waals surface area contributed by atoms with Gasteiger partial charge in [0.05, 0.1) is 12.5 Å². The van der Waals surface area contributed by atoms with Crippen LogP contribution in [0.25, 0.3) is 0 Å². The van der Waals surface area contributed by atoms with E-state index in [0.29, 0.717) is 51.9 Å².